The first-order valence-electron chi connectivity index (χ1n) is 9.79. The van der Waals surface area contributed by atoms with E-state index < -0.39 is 17.7 Å². The van der Waals surface area contributed by atoms with Crippen molar-refractivity contribution >= 4 is 44.7 Å². The zero-order valence-electron chi connectivity index (χ0n) is 16.9. The number of aromatic nitrogens is 2. The highest BCUT2D eigenvalue weighted by molar-refractivity contribution is 7.13. The number of nitrogens with zero attached hydrogens (tertiary/aromatic N) is 3. The molecule has 0 radical (unpaired) electrons. The van der Waals surface area contributed by atoms with Crippen LogP contribution in [-0.2, 0) is 9.59 Å². The van der Waals surface area contributed by atoms with Gasteiger partial charge in [0.1, 0.15) is 17.0 Å². The third-order valence-electron chi connectivity index (χ3n) is 5.44. The fourth-order valence-corrected chi connectivity index (χ4v) is 4.49. The lowest BCUT2D eigenvalue weighted by atomic mass is 9.94. The number of anilines is 1. The number of ketones is 1. The topological polar surface area (TPSA) is 92.6 Å². The molecule has 1 aliphatic rings. The minimum Gasteiger partial charge on any atom is -0.507 e. The Morgan fingerprint density at radius 1 is 1.03 bits per heavy atom. The standard InChI is InChI=1S/C24H17N3O4S/c1-31-18-10-9-15-11-17(8-7-16(15)12-18)21(28)19-20(14-5-3-2-4-6-14)27(23(30)22(19)29)24-26-25-13-32-24/h2-13,20,28H,1H3/b21-19+. The lowest BCUT2D eigenvalue weighted by molar-refractivity contribution is -0.132. The smallest absolute Gasteiger partial charge is 0.301 e. The van der Waals surface area contributed by atoms with E-state index in [0.717, 1.165) is 27.9 Å². The van der Waals surface area contributed by atoms with Crippen molar-refractivity contribution in [1.29, 1.82) is 0 Å². The van der Waals surface area contributed by atoms with Crippen molar-refractivity contribution in [3.8, 4) is 5.75 Å². The van der Waals surface area contributed by atoms with Gasteiger partial charge < -0.3 is 9.84 Å². The van der Waals surface area contributed by atoms with Gasteiger partial charge in [0.2, 0.25) is 5.13 Å². The maximum atomic E-state index is 13.1. The Hall–Kier alpha value is -4.04. The molecule has 2 heterocycles. The van der Waals surface area contributed by atoms with E-state index in [2.05, 4.69) is 10.2 Å². The maximum Gasteiger partial charge on any atom is 0.301 e. The summed E-state index contributed by atoms with van der Waals surface area (Å²) in [6.45, 7) is 0. The van der Waals surface area contributed by atoms with Crippen LogP contribution in [0.5, 0.6) is 5.75 Å². The lowest BCUT2D eigenvalue weighted by Gasteiger charge is -2.22. The van der Waals surface area contributed by atoms with Crippen LogP contribution in [-0.4, -0.2) is 34.1 Å². The molecular weight excluding hydrogens is 426 g/mol. The molecule has 1 aromatic heterocycles. The number of Topliss-reactive ketones (excluding diaryl/α,β-unsaturated/α-hetero) is 1. The maximum absolute atomic E-state index is 13.1. The highest BCUT2D eigenvalue weighted by Crippen LogP contribution is 2.42. The summed E-state index contributed by atoms with van der Waals surface area (Å²) in [6.07, 6.45) is 0. The van der Waals surface area contributed by atoms with Crippen LogP contribution in [0.15, 0.2) is 77.8 Å². The van der Waals surface area contributed by atoms with Crippen LogP contribution < -0.4 is 9.64 Å². The molecule has 1 fully saturated rings. The third-order valence-corrected chi connectivity index (χ3v) is 6.12. The summed E-state index contributed by atoms with van der Waals surface area (Å²) in [4.78, 5) is 27.4. The van der Waals surface area contributed by atoms with Crippen LogP contribution in [0.2, 0.25) is 0 Å². The predicted molar refractivity (Wildman–Crippen MR) is 122 cm³/mol. The summed E-state index contributed by atoms with van der Waals surface area (Å²) in [5.41, 5.74) is 2.64. The molecule has 8 heteroatoms. The molecular formula is C24H17N3O4S. The predicted octanol–water partition coefficient (Wildman–Crippen LogP) is 4.33. The van der Waals surface area contributed by atoms with E-state index >= 15 is 0 Å². The highest BCUT2D eigenvalue weighted by Gasteiger charge is 2.48. The number of carbonyl (C=O) groups is 2. The number of fused-ring (bicyclic) bond motifs is 1. The van der Waals surface area contributed by atoms with Crippen LogP contribution in [0.25, 0.3) is 16.5 Å². The molecule has 1 N–H and O–H groups in total. The molecule has 1 unspecified atom stereocenters. The fraction of sp³-hybridized carbons (Fsp3) is 0.0833. The summed E-state index contributed by atoms with van der Waals surface area (Å²) in [5, 5.41) is 21.1. The number of ether oxygens (including phenoxy) is 1. The second-order valence-electron chi connectivity index (χ2n) is 7.23. The van der Waals surface area contributed by atoms with Gasteiger partial charge in [-0.05, 0) is 34.5 Å². The highest BCUT2D eigenvalue weighted by atomic mass is 32.1. The molecule has 0 saturated carbocycles. The number of rotatable bonds is 4. The molecule has 0 bridgehead atoms. The van der Waals surface area contributed by atoms with Crippen molar-refractivity contribution in [3.05, 3.63) is 88.9 Å². The molecule has 1 amide bonds. The van der Waals surface area contributed by atoms with Gasteiger partial charge in [-0.3, -0.25) is 14.5 Å². The summed E-state index contributed by atoms with van der Waals surface area (Å²) in [7, 11) is 1.60. The lowest BCUT2D eigenvalue weighted by Crippen LogP contribution is -2.29. The number of aliphatic hydroxyl groups is 1. The summed E-state index contributed by atoms with van der Waals surface area (Å²) in [6, 6.07) is 19.2. The van der Waals surface area contributed by atoms with Gasteiger partial charge in [0.05, 0.1) is 18.7 Å². The van der Waals surface area contributed by atoms with Crippen molar-refractivity contribution in [3.63, 3.8) is 0 Å². The van der Waals surface area contributed by atoms with E-state index in [1.807, 2.05) is 54.6 Å². The summed E-state index contributed by atoms with van der Waals surface area (Å²) >= 11 is 1.15. The zero-order chi connectivity index (χ0) is 22.2. The average molecular weight is 443 g/mol. The molecule has 1 saturated heterocycles. The Kier molecular flexibility index (Phi) is 4.91. The van der Waals surface area contributed by atoms with Gasteiger partial charge in [0, 0.05) is 5.56 Å². The number of hydrogen-bond donors (Lipinski definition) is 1. The zero-order valence-corrected chi connectivity index (χ0v) is 17.7. The largest absolute Gasteiger partial charge is 0.507 e. The number of aliphatic hydroxyl groups excluding tert-OH is 1. The van der Waals surface area contributed by atoms with Gasteiger partial charge >= 0.3 is 5.91 Å². The molecule has 4 aromatic rings. The van der Waals surface area contributed by atoms with Gasteiger partial charge in [-0.1, -0.05) is 59.9 Å². The van der Waals surface area contributed by atoms with Gasteiger partial charge in [0.15, 0.2) is 0 Å². The normalized spacial score (nSPS) is 17.8. The summed E-state index contributed by atoms with van der Waals surface area (Å²) < 4.78 is 5.26. The quantitative estimate of drug-likeness (QED) is 0.287. The minimum absolute atomic E-state index is 0.0178. The molecule has 1 aliphatic heterocycles. The van der Waals surface area contributed by atoms with Gasteiger partial charge in [-0.15, -0.1) is 10.2 Å². The van der Waals surface area contributed by atoms with Crippen LogP contribution in [0, 0.1) is 0 Å². The Labute approximate surface area is 187 Å². The Balaban J connectivity index is 1.69. The molecule has 32 heavy (non-hydrogen) atoms. The molecule has 0 aliphatic carbocycles. The second-order valence-corrected chi connectivity index (χ2v) is 8.04. The molecule has 5 rings (SSSR count). The van der Waals surface area contributed by atoms with E-state index in [1.165, 1.54) is 10.4 Å². The van der Waals surface area contributed by atoms with E-state index in [9.17, 15) is 14.7 Å². The van der Waals surface area contributed by atoms with E-state index in [1.54, 1.807) is 19.2 Å². The molecule has 158 valence electrons. The van der Waals surface area contributed by atoms with Crippen molar-refractivity contribution < 1.29 is 19.4 Å². The fourth-order valence-electron chi connectivity index (χ4n) is 3.91. The second kappa shape index (κ2) is 7.90. The Morgan fingerprint density at radius 2 is 1.78 bits per heavy atom. The van der Waals surface area contributed by atoms with Crippen LogP contribution in [0.4, 0.5) is 5.13 Å². The van der Waals surface area contributed by atoms with Gasteiger partial charge in [-0.2, -0.15) is 0 Å². The molecule has 3 aromatic carbocycles. The minimum atomic E-state index is -0.810. The van der Waals surface area contributed by atoms with Crippen molar-refractivity contribution in [2.75, 3.05) is 12.0 Å². The Morgan fingerprint density at radius 3 is 2.50 bits per heavy atom. The van der Waals surface area contributed by atoms with E-state index in [0.29, 0.717) is 16.3 Å². The SMILES string of the molecule is COc1ccc2cc(/C(O)=C3\C(=O)C(=O)N(c4nncs4)C3c3ccccc3)ccc2c1. The monoisotopic (exact) mass is 443 g/mol. The van der Waals surface area contributed by atoms with Gasteiger partial charge in [-0.25, -0.2) is 0 Å². The first-order valence-corrected chi connectivity index (χ1v) is 10.7. The number of hydrogen-bond acceptors (Lipinski definition) is 7. The number of methoxy groups -OCH3 is 1. The first-order chi connectivity index (χ1) is 15.6. The van der Waals surface area contributed by atoms with Crippen molar-refractivity contribution in [2.24, 2.45) is 0 Å². The van der Waals surface area contributed by atoms with E-state index in [-0.39, 0.29) is 11.3 Å². The Bertz CT molecular complexity index is 1370. The third kappa shape index (κ3) is 3.21. The number of amides is 1. The summed E-state index contributed by atoms with van der Waals surface area (Å²) in [5.74, 6) is -1.02. The van der Waals surface area contributed by atoms with Crippen LogP contribution >= 0.6 is 11.3 Å². The number of carbonyl (C=O) groups excluding carboxylic acids is 2. The molecule has 1 atom stereocenters. The van der Waals surface area contributed by atoms with Crippen molar-refractivity contribution in [1.82, 2.24) is 10.2 Å². The van der Waals surface area contributed by atoms with Crippen LogP contribution in [0.3, 0.4) is 0 Å². The average Bonchev–Trinajstić information content (AvgIpc) is 3.45. The molecule has 7 nitrogen and oxygen atoms in total. The first kappa shape index (κ1) is 19.9. The van der Waals surface area contributed by atoms with Gasteiger partial charge in [0.25, 0.3) is 5.78 Å². The van der Waals surface area contributed by atoms with Crippen molar-refractivity contribution in [2.45, 2.75) is 6.04 Å². The molecule has 0 spiro atoms. The van der Waals surface area contributed by atoms with E-state index in [4.69, 9.17) is 4.74 Å². The van der Waals surface area contributed by atoms with Crippen LogP contribution in [0.1, 0.15) is 17.2 Å². The number of benzene rings is 3.